The van der Waals surface area contributed by atoms with Crippen molar-refractivity contribution < 1.29 is 19.4 Å². The Labute approximate surface area is 182 Å². The standard InChI is InChI=1S/C23H20FN3O3S/c1-12-7-15(24)9-18-16(13(2)31-22(12)18)5-6-25-21-10-19(26-11-27-21)14-3-4-17(23(29)30)20(28)8-14/h3-4,7-11,28H,5-6H2,1-2H3,(H,29,30)(H,25,26,27). The number of aryl methyl sites for hydroxylation is 2. The Kier molecular flexibility index (Phi) is 5.56. The van der Waals surface area contributed by atoms with Crippen LogP contribution in [0.4, 0.5) is 10.2 Å². The molecule has 2 heterocycles. The number of hydrogen-bond acceptors (Lipinski definition) is 6. The van der Waals surface area contributed by atoms with E-state index in [1.807, 2.05) is 13.8 Å². The first-order chi connectivity index (χ1) is 14.8. The van der Waals surface area contributed by atoms with Crippen molar-refractivity contribution in [2.75, 3.05) is 11.9 Å². The molecule has 0 aliphatic rings. The average Bonchev–Trinajstić information content (AvgIpc) is 3.04. The number of aromatic carboxylic acids is 1. The van der Waals surface area contributed by atoms with Crippen molar-refractivity contribution in [1.29, 1.82) is 0 Å². The second-order valence-electron chi connectivity index (χ2n) is 7.24. The molecule has 158 valence electrons. The summed E-state index contributed by atoms with van der Waals surface area (Å²) in [6, 6.07) is 9.19. The van der Waals surface area contributed by atoms with E-state index < -0.39 is 5.97 Å². The molecular formula is C23H20FN3O3S. The summed E-state index contributed by atoms with van der Waals surface area (Å²) in [4.78, 5) is 20.7. The minimum atomic E-state index is -1.19. The van der Waals surface area contributed by atoms with Gasteiger partial charge in [-0.05, 0) is 61.0 Å². The van der Waals surface area contributed by atoms with Crippen LogP contribution in [0, 0.1) is 19.7 Å². The molecule has 0 aliphatic heterocycles. The number of thiophene rings is 1. The lowest BCUT2D eigenvalue weighted by atomic mass is 10.1. The van der Waals surface area contributed by atoms with E-state index in [0.717, 1.165) is 21.2 Å². The molecule has 0 fully saturated rings. The van der Waals surface area contributed by atoms with E-state index in [-0.39, 0.29) is 17.1 Å². The van der Waals surface area contributed by atoms with Gasteiger partial charge in [-0.25, -0.2) is 19.2 Å². The average molecular weight is 437 g/mol. The van der Waals surface area contributed by atoms with Crippen LogP contribution in [0.5, 0.6) is 5.75 Å². The van der Waals surface area contributed by atoms with Crippen LogP contribution in [0.1, 0.15) is 26.4 Å². The Morgan fingerprint density at radius 2 is 1.97 bits per heavy atom. The van der Waals surface area contributed by atoms with E-state index in [0.29, 0.717) is 30.0 Å². The SMILES string of the molecule is Cc1sc2c(C)cc(F)cc2c1CCNc1cc(-c2ccc(C(=O)O)c(O)c2)ncn1. The second kappa shape index (κ2) is 8.31. The quantitative estimate of drug-likeness (QED) is 0.385. The molecule has 0 saturated heterocycles. The minimum absolute atomic E-state index is 0.166. The molecule has 0 amide bonds. The highest BCUT2D eigenvalue weighted by Crippen LogP contribution is 2.34. The van der Waals surface area contributed by atoms with E-state index in [4.69, 9.17) is 5.11 Å². The summed E-state index contributed by atoms with van der Waals surface area (Å²) in [5.74, 6) is -1.14. The highest BCUT2D eigenvalue weighted by molar-refractivity contribution is 7.19. The van der Waals surface area contributed by atoms with Gasteiger partial charge >= 0.3 is 5.97 Å². The van der Waals surface area contributed by atoms with Crippen molar-refractivity contribution >= 4 is 33.2 Å². The molecule has 0 saturated carbocycles. The fourth-order valence-electron chi connectivity index (χ4n) is 3.60. The lowest BCUT2D eigenvalue weighted by molar-refractivity contribution is 0.0693. The number of halogens is 1. The third kappa shape index (κ3) is 4.20. The van der Waals surface area contributed by atoms with Gasteiger partial charge in [0.1, 0.15) is 29.3 Å². The monoisotopic (exact) mass is 437 g/mol. The zero-order valence-corrected chi connectivity index (χ0v) is 17.8. The lowest BCUT2D eigenvalue weighted by Crippen LogP contribution is -2.07. The summed E-state index contributed by atoms with van der Waals surface area (Å²) in [5.41, 5.74) is 3.04. The van der Waals surface area contributed by atoms with Gasteiger partial charge in [-0.2, -0.15) is 0 Å². The number of aromatic hydroxyl groups is 1. The Hall–Kier alpha value is -3.52. The summed E-state index contributed by atoms with van der Waals surface area (Å²) < 4.78 is 15.0. The summed E-state index contributed by atoms with van der Waals surface area (Å²) in [6.07, 6.45) is 2.12. The number of aromatic nitrogens is 2. The van der Waals surface area contributed by atoms with Gasteiger partial charge in [0.15, 0.2) is 0 Å². The number of carboxylic acid groups (broad SMARTS) is 1. The van der Waals surface area contributed by atoms with Crippen molar-refractivity contribution in [3.8, 4) is 17.0 Å². The van der Waals surface area contributed by atoms with E-state index in [1.54, 1.807) is 35.6 Å². The van der Waals surface area contributed by atoms with Crippen LogP contribution < -0.4 is 5.32 Å². The lowest BCUT2D eigenvalue weighted by Gasteiger charge is -2.09. The molecule has 0 aliphatic carbocycles. The van der Waals surface area contributed by atoms with Gasteiger partial charge in [0.25, 0.3) is 0 Å². The van der Waals surface area contributed by atoms with E-state index in [1.165, 1.54) is 23.3 Å². The number of hydrogen-bond donors (Lipinski definition) is 3. The van der Waals surface area contributed by atoms with Crippen LogP contribution in [0.15, 0.2) is 42.7 Å². The zero-order chi connectivity index (χ0) is 22.1. The summed E-state index contributed by atoms with van der Waals surface area (Å²) in [6.45, 7) is 4.57. The number of phenols is 1. The predicted molar refractivity (Wildman–Crippen MR) is 120 cm³/mol. The summed E-state index contributed by atoms with van der Waals surface area (Å²) in [5, 5.41) is 23.2. The Morgan fingerprint density at radius 1 is 1.16 bits per heavy atom. The molecule has 31 heavy (non-hydrogen) atoms. The molecule has 4 rings (SSSR count). The second-order valence-corrected chi connectivity index (χ2v) is 8.46. The van der Waals surface area contributed by atoms with Crippen molar-refractivity contribution in [3.05, 3.63) is 70.1 Å². The molecule has 2 aromatic heterocycles. The fourth-order valence-corrected chi connectivity index (χ4v) is 4.76. The fraction of sp³-hybridized carbons (Fsp3) is 0.174. The highest BCUT2D eigenvalue weighted by atomic mass is 32.1. The Morgan fingerprint density at radius 3 is 2.71 bits per heavy atom. The molecule has 6 nitrogen and oxygen atoms in total. The van der Waals surface area contributed by atoms with Crippen LogP contribution in [0.3, 0.4) is 0 Å². The molecule has 8 heteroatoms. The van der Waals surface area contributed by atoms with E-state index >= 15 is 0 Å². The molecule has 2 aromatic carbocycles. The number of anilines is 1. The van der Waals surface area contributed by atoms with Crippen molar-refractivity contribution in [3.63, 3.8) is 0 Å². The van der Waals surface area contributed by atoms with Crippen LogP contribution >= 0.6 is 11.3 Å². The third-order valence-corrected chi connectivity index (χ3v) is 6.42. The van der Waals surface area contributed by atoms with Gasteiger partial charge in [0.05, 0.1) is 5.69 Å². The number of carboxylic acids is 1. The maximum Gasteiger partial charge on any atom is 0.339 e. The normalized spacial score (nSPS) is 11.1. The Balaban J connectivity index is 1.51. The molecule has 4 aromatic rings. The number of fused-ring (bicyclic) bond motifs is 1. The topological polar surface area (TPSA) is 95.3 Å². The first-order valence-electron chi connectivity index (χ1n) is 9.64. The maximum atomic E-state index is 13.9. The number of benzene rings is 2. The molecule has 0 spiro atoms. The van der Waals surface area contributed by atoms with E-state index in [9.17, 15) is 14.3 Å². The van der Waals surface area contributed by atoms with Gasteiger partial charge in [-0.3, -0.25) is 0 Å². The predicted octanol–water partition coefficient (Wildman–Crippen LogP) is 5.17. The van der Waals surface area contributed by atoms with Crippen LogP contribution in [0.25, 0.3) is 21.3 Å². The van der Waals surface area contributed by atoms with Crippen molar-refractivity contribution in [2.45, 2.75) is 20.3 Å². The third-order valence-electron chi connectivity index (χ3n) is 5.12. The molecule has 0 atom stereocenters. The molecular weight excluding hydrogens is 417 g/mol. The Bertz CT molecular complexity index is 1300. The molecule has 0 bridgehead atoms. The van der Waals surface area contributed by atoms with Crippen LogP contribution in [0.2, 0.25) is 0 Å². The largest absolute Gasteiger partial charge is 0.507 e. The maximum absolute atomic E-state index is 13.9. The van der Waals surface area contributed by atoms with Gasteiger partial charge in [-0.15, -0.1) is 11.3 Å². The highest BCUT2D eigenvalue weighted by Gasteiger charge is 2.13. The molecule has 0 unspecified atom stereocenters. The van der Waals surface area contributed by atoms with Gasteiger partial charge in [0.2, 0.25) is 0 Å². The van der Waals surface area contributed by atoms with Crippen LogP contribution in [-0.4, -0.2) is 32.7 Å². The number of nitrogens with zero attached hydrogens (tertiary/aromatic N) is 2. The number of nitrogens with one attached hydrogen (secondary N) is 1. The van der Waals surface area contributed by atoms with Crippen molar-refractivity contribution in [1.82, 2.24) is 9.97 Å². The smallest absolute Gasteiger partial charge is 0.339 e. The first kappa shape index (κ1) is 20.7. The van der Waals surface area contributed by atoms with Gasteiger partial charge < -0.3 is 15.5 Å². The molecule has 3 N–H and O–H groups in total. The van der Waals surface area contributed by atoms with Gasteiger partial charge in [-0.1, -0.05) is 6.07 Å². The summed E-state index contributed by atoms with van der Waals surface area (Å²) in [7, 11) is 0. The van der Waals surface area contributed by atoms with Crippen LogP contribution in [-0.2, 0) is 6.42 Å². The summed E-state index contributed by atoms with van der Waals surface area (Å²) >= 11 is 1.68. The van der Waals surface area contributed by atoms with Crippen molar-refractivity contribution in [2.24, 2.45) is 0 Å². The van der Waals surface area contributed by atoms with Gasteiger partial charge in [0, 0.05) is 27.8 Å². The zero-order valence-electron chi connectivity index (χ0n) is 16.9. The number of carbonyl (C=O) groups is 1. The number of rotatable bonds is 6. The first-order valence-corrected chi connectivity index (χ1v) is 10.5. The van der Waals surface area contributed by atoms with E-state index in [2.05, 4.69) is 15.3 Å². The minimum Gasteiger partial charge on any atom is -0.507 e. The molecule has 0 radical (unpaired) electrons.